The molecular weight excluding hydrogens is 320 g/mol. The third-order valence-corrected chi connectivity index (χ3v) is 4.52. The molecule has 1 saturated heterocycles. The van der Waals surface area contributed by atoms with E-state index in [-0.39, 0.29) is 17.7 Å². The molecule has 4 heterocycles. The van der Waals surface area contributed by atoms with Crippen molar-refractivity contribution in [1.29, 1.82) is 0 Å². The maximum absolute atomic E-state index is 12.6. The highest BCUT2D eigenvalue weighted by molar-refractivity contribution is 5.92. The van der Waals surface area contributed by atoms with Crippen LogP contribution in [0.5, 0.6) is 0 Å². The van der Waals surface area contributed by atoms with E-state index in [1.54, 1.807) is 23.4 Å². The van der Waals surface area contributed by atoms with Gasteiger partial charge in [0.25, 0.3) is 5.91 Å². The van der Waals surface area contributed by atoms with Crippen LogP contribution in [0.25, 0.3) is 11.4 Å². The van der Waals surface area contributed by atoms with Gasteiger partial charge in [0.2, 0.25) is 11.7 Å². The Balaban J connectivity index is 1.52. The molecule has 0 unspecified atom stereocenters. The van der Waals surface area contributed by atoms with Gasteiger partial charge in [-0.2, -0.15) is 10.1 Å². The van der Waals surface area contributed by atoms with E-state index in [0.717, 1.165) is 11.3 Å². The van der Waals surface area contributed by atoms with E-state index in [9.17, 15) is 4.79 Å². The minimum Gasteiger partial charge on any atom is -0.339 e. The standard InChI is InChI=1S/C17H18N6O2/c1-10-8-23(17(24)14-7-11(2)20-21-14)9-13(10)16-19-15(22-25-16)12-3-5-18-6-4-12/h3-7,10,13H,8-9H2,1-2H3,(H,20,21)/t10-,13-/m1/s1. The summed E-state index contributed by atoms with van der Waals surface area (Å²) < 4.78 is 5.47. The number of aryl methyl sites for hydroxylation is 1. The Morgan fingerprint density at radius 3 is 2.84 bits per heavy atom. The van der Waals surface area contributed by atoms with Crippen molar-refractivity contribution in [3.63, 3.8) is 0 Å². The summed E-state index contributed by atoms with van der Waals surface area (Å²) in [5.74, 6) is 1.28. The number of aromatic nitrogens is 5. The van der Waals surface area contributed by atoms with Gasteiger partial charge in [-0.3, -0.25) is 14.9 Å². The first-order valence-corrected chi connectivity index (χ1v) is 8.17. The van der Waals surface area contributed by atoms with Gasteiger partial charge in [-0.05, 0) is 31.0 Å². The average molecular weight is 338 g/mol. The smallest absolute Gasteiger partial charge is 0.274 e. The molecule has 1 aliphatic heterocycles. The van der Waals surface area contributed by atoms with Crippen molar-refractivity contribution in [2.24, 2.45) is 5.92 Å². The van der Waals surface area contributed by atoms with E-state index in [1.165, 1.54) is 0 Å². The van der Waals surface area contributed by atoms with Crippen LogP contribution in [-0.4, -0.2) is 49.2 Å². The van der Waals surface area contributed by atoms with Gasteiger partial charge in [0.05, 0.1) is 5.92 Å². The van der Waals surface area contributed by atoms with Crippen molar-refractivity contribution in [3.8, 4) is 11.4 Å². The first kappa shape index (κ1) is 15.5. The van der Waals surface area contributed by atoms with Crippen LogP contribution in [0.4, 0.5) is 0 Å². The lowest BCUT2D eigenvalue weighted by Gasteiger charge is -2.13. The largest absolute Gasteiger partial charge is 0.339 e. The first-order valence-electron chi connectivity index (χ1n) is 8.17. The predicted octanol–water partition coefficient (Wildman–Crippen LogP) is 2.04. The molecule has 0 aliphatic carbocycles. The molecule has 3 aromatic heterocycles. The molecule has 2 atom stereocenters. The number of hydrogen-bond donors (Lipinski definition) is 1. The molecular formula is C17H18N6O2. The predicted molar refractivity (Wildman–Crippen MR) is 88.7 cm³/mol. The summed E-state index contributed by atoms with van der Waals surface area (Å²) in [5.41, 5.74) is 2.16. The van der Waals surface area contributed by atoms with E-state index in [0.29, 0.717) is 30.5 Å². The van der Waals surface area contributed by atoms with Crippen LogP contribution < -0.4 is 0 Å². The molecule has 0 aromatic carbocycles. The SMILES string of the molecule is Cc1cc(C(=O)N2C[C@@H](C)[C@H](c3nc(-c4ccncc4)no3)C2)n[nH]1. The highest BCUT2D eigenvalue weighted by Crippen LogP contribution is 2.33. The van der Waals surface area contributed by atoms with Crippen LogP contribution in [0, 0.1) is 12.8 Å². The van der Waals surface area contributed by atoms with E-state index in [4.69, 9.17) is 4.52 Å². The summed E-state index contributed by atoms with van der Waals surface area (Å²) in [6, 6.07) is 5.43. The van der Waals surface area contributed by atoms with Gasteiger partial charge >= 0.3 is 0 Å². The minimum atomic E-state index is -0.0763. The number of carbonyl (C=O) groups is 1. The van der Waals surface area contributed by atoms with E-state index in [2.05, 4.69) is 32.2 Å². The van der Waals surface area contributed by atoms with Crippen molar-refractivity contribution < 1.29 is 9.32 Å². The van der Waals surface area contributed by atoms with Gasteiger partial charge in [0, 0.05) is 36.7 Å². The van der Waals surface area contributed by atoms with Crippen LogP contribution in [0.2, 0.25) is 0 Å². The van der Waals surface area contributed by atoms with Crippen LogP contribution >= 0.6 is 0 Å². The molecule has 1 amide bonds. The summed E-state index contributed by atoms with van der Waals surface area (Å²) in [7, 11) is 0. The number of pyridine rings is 1. The lowest BCUT2D eigenvalue weighted by molar-refractivity contribution is 0.0780. The second-order valence-corrected chi connectivity index (χ2v) is 6.42. The molecule has 128 valence electrons. The van der Waals surface area contributed by atoms with Crippen LogP contribution in [-0.2, 0) is 0 Å². The minimum absolute atomic E-state index is 0.0204. The van der Waals surface area contributed by atoms with Gasteiger partial charge in [0.15, 0.2) is 0 Å². The molecule has 8 nitrogen and oxygen atoms in total. The molecule has 0 bridgehead atoms. The monoisotopic (exact) mass is 338 g/mol. The fourth-order valence-corrected chi connectivity index (χ4v) is 3.15. The van der Waals surface area contributed by atoms with Crippen LogP contribution in [0.15, 0.2) is 35.1 Å². The lowest BCUT2D eigenvalue weighted by atomic mass is 9.98. The number of likely N-dealkylation sites (tertiary alicyclic amines) is 1. The lowest BCUT2D eigenvalue weighted by Crippen LogP contribution is -2.29. The van der Waals surface area contributed by atoms with E-state index in [1.807, 2.05) is 19.1 Å². The van der Waals surface area contributed by atoms with Crippen LogP contribution in [0.1, 0.15) is 34.9 Å². The Hall–Kier alpha value is -3.03. The Bertz CT molecular complexity index is 887. The number of hydrogen-bond acceptors (Lipinski definition) is 6. The van der Waals surface area contributed by atoms with Crippen molar-refractivity contribution in [3.05, 3.63) is 47.9 Å². The zero-order valence-electron chi connectivity index (χ0n) is 14.0. The number of nitrogens with one attached hydrogen (secondary N) is 1. The fraction of sp³-hybridized carbons (Fsp3) is 0.353. The highest BCUT2D eigenvalue weighted by Gasteiger charge is 2.37. The van der Waals surface area contributed by atoms with Gasteiger partial charge in [0.1, 0.15) is 5.69 Å². The maximum atomic E-state index is 12.6. The van der Waals surface area contributed by atoms with Crippen molar-refractivity contribution >= 4 is 5.91 Å². The molecule has 8 heteroatoms. The molecule has 0 radical (unpaired) electrons. The second-order valence-electron chi connectivity index (χ2n) is 6.42. The number of H-pyrrole nitrogens is 1. The molecule has 1 fully saturated rings. The van der Waals surface area contributed by atoms with Crippen molar-refractivity contribution in [1.82, 2.24) is 30.2 Å². The average Bonchev–Trinajstić information content (AvgIpc) is 3.34. The quantitative estimate of drug-likeness (QED) is 0.784. The Kier molecular flexibility index (Phi) is 3.79. The number of nitrogens with zero attached hydrogens (tertiary/aromatic N) is 5. The summed E-state index contributed by atoms with van der Waals surface area (Å²) >= 11 is 0. The van der Waals surface area contributed by atoms with E-state index >= 15 is 0 Å². The summed E-state index contributed by atoms with van der Waals surface area (Å²) in [6.45, 7) is 5.15. The number of carbonyl (C=O) groups excluding carboxylic acids is 1. The molecule has 25 heavy (non-hydrogen) atoms. The van der Waals surface area contributed by atoms with Crippen molar-refractivity contribution in [2.75, 3.05) is 13.1 Å². The molecule has 3 aromatic rings. The summed E-state index contributed by atoms with van der Waals surface area (Å²) in [6.07, 6.45) is 3.38. The number of rotatable bonds is 3. The summed E-state index contributed by atoms with van der Waals surface area (Å²) in [5, 5.41) is 10.9. The molecule has 1 N–H and O–H groups in total. The van der Waals surface area contributed by atoms with Crippen LogP contribution in [0.3, 0.4) is 0 Å². The normalized spacial score (nSPS) is 20.2. The van der Waals surface area contributed by atoms with Gasteiger partial charge in [-0.25, -0.2) is 0 Å². The zero-order valence-corrected chi connectivity index (χ0v) is 14.0. The number of amides is 1. The number of aromatic amines is 1. The Labute approximate surface area is 144 Å². The molecule has 4 rings (SSSR count). The Morgan fingerprint density at radius 2 is 2.12 bits per heavy atom. The molecule has 0 spiro atoms. The maximum Gasteiger partial charge on any atom is 0.274 e. The topological polar surface area (TPSA) is 101 Å². The highest BCUT2D eigenvalue weighted by atomic mass is 16.5. The second kappa shape index (κ2) is 6.12. The van der Waals surface area contributed by atoms with Gasteiger partial charge < -0.3 is 9.42 Å². The van der Waals surface area contributed by atoms with Gasteiger partial charge in [-0.1, -0.05) is 12.1 Å². The van der Waals surface area contributed by atoms with Crippen molar-refractivity contribution in [2.45, 2.75) is 19.8 Å². The third kappa shape index (κ3) is 2.90. The molecule has 1 aliphatic rings. The molecule has 0 saturated carbocycles. The zero-order chi connectivity index (χ0) is 17.4. The third-order valence-electron chi connectivity index (χ3n) is 4.52. The Morgan fingerprint density at radius 1 is 1.32 bits per heavy atom. The van der Waals surface area contributed by atoms with Gasteiger partial charge in [-0.15, -0.1) is 0 Å². The first-order chi connectivity index (χ1) is 12.1. The summed E-state index contributed by atoms with van der Waals surface area (Å²) in [4.78, 5) is 22.9. The fourth-order valence-electron chi connectivity index (χ4n) is 3.15. The van der Waals surface area contributed by atoms with E-state index < -0.39 is 0 Å².